The number of benzene rings is 1. The quantitative estimate of drug-likeness (QED) is 0.799. The number of hydrogen-bond acceptors (Lipinski definition) is 4. The molecule has 3 N–H and O–H groups in total. The molecule has 0 radical (unpaired) electrons. The molecule has 22 heavy (non-hydrogen) atoms. The van der Waals surface area contributed by atoms with Gasteiger partial charge in [0.1, 0.15) is 5.75 Å². The minimum atomic E-state index is -0.503. The van der Waals surface area contributed by atoms with Crippen molar-refractivity contribution in [1.82, 2.24) is 10.2 Å². The molecule has 0 spiro atoms. The van der Waals surface area contributed by atoms with E-state index in [4.69, 9.17) is 0 Å². The second-order valence-corrected chi connectivity index (χ2v) is 7.50. The van der Waals surface area contributed by atoms with E-state index in [1.54, 1.807) is 6.07 Å². The first-order valence-corrected chi connectivity index (χ1v) is 8.23. The second-order valence-electron chi connectivity index (χ2n) is 7.50. The molecule has 124 valence electrons. The van der Waals surface area contributed by atoms with E-state index in [0.717, 1.165) is 43.9 Å². The molecule has 0 aliphatic carbocycles. The van der Waals surface area contributed by atoms with E-state index in [1.165, 1.54) is 0 Å². The summed E-state index contributed by atoms with van der Waals surface area (Å²) in [7, 11) is 0. The first kappa shape index (κ1) is 17.3. The van der Waals surface area contributed by atoms with Crippen LogP contribution >= 0.6 is 0 Å². The van der Waals surface area contributed by atoms with Crippen LogP contribution in [-0.4, -0.2) is 47.8 Å². The van der Waals surface area contributed by atoms with E-state index < -0.39 is 6.10 Å². The minimum Gasteiger partial charge on any atom is -0.508 e. The molecule has 1 aliphatic heterocycles. The second kappa shape index (κ2) is 6.99. The maximum absolute atomic E-state index is 10.7. The average Bonchev–Trinajstić information content (AvgIpc) is 2.47. The number of nitrogens with one attached hydrogen (secondary N) is 1. The fourth-order valence-electron chi connectivity index (χ4n) is 3.07. The predicted molar refractivity (Wildman–Crippen MR) is 90.2 cm³/mol. The van der Waals surface area contributed by atoms with E-state index >= 15 is 0 Å². The lowest BCUT2D eigenvalue weighted by molar-refractivity contribution is 0.0841. The predicted octanol–water partition coefficient (Wildman–Crippen LogP) is 2.26. The van der Waals surface area contributed by atoms with Gasteiger partial charge in [-0.05, 0) is 34.6 Å². The summed E-state index contributed by atoms with van der Waals surface area (Å²) in [6, 6.07) is 5.49. The number of nitrogens with zero attached hydrogens (tertiary/aromatic N) is 1. The van der Waals surface area contributed by atoms with Gasteiger partial charge < -0.3 is 20.4 Å². The molecule has 4 nitrogen and oxygen atoms in total. The van der Waals surface area contributed by atoms with Crippen molar-refractivity contribution in [2.45, 2.75) is 39.2 Å². The molecule has 0 amide bonds. The summed E-state index contributed by atoms with van der Waals surface area (Å²) in [4.78, 5) is 2.40. The van der Waals surface area contributed by atoms with Gasteiger partial charge in [0.15, 0.2) is 0 Å². The van der Waals surface area contributed by atoms with Gasteiger partial charge in [0, 0.05) is 32.7 Å². The van der Waals surface area contributed by atoms with E-state index in [-0.39, 0.29) is 11.3 Å². The molecule has 1 aromatic carbocycles. The molecule has 2 atom stereocenters. The largest absolute Gasteiger partial charge is 0.508 e. The summed E-state index contributed by atoms with van der Waals surface area (Å²) < 4.78 is 0. The lowest BCUT2D eigenvalue weighted by Crippen LogP contribution is -2.45. The monoisotopic (exact) mass is 306 g/mol. The Morgan fingerprint density at radius 1 is 1.23 bits per heavy atom. The van der Waals surface area contributed by atoms with Crippen LogP contribution < -0.4 is 5.32 Å². The van der Waals surface area contributed by atoms with Crippen LogP contribution in [-0.2, 0) is 5.41 Å². The van der Waals surface area contributed by atoms with Gasteiger partial charge >= 0.3 is 0 Å². The molecule has 4 heteroatoms. The van der Waals surface area contributed by atoms with Crippen LogP contribution in [0.4, 0.5) is 0 Å². The van der Waals surface area contributed by atoms with Gasteiger partial charge in [-0.25, -0.2) is 0 Å². The van der Waals surface area contributed by atoms with E-state index in [0.29, 0.717) is 5.75 Å². The maximum atomic E-state index is 10.7. The molecular formula is C18H30N2O2. The highest BCUT2D eigenvalue weighted by Gasteiger charge is 2.24. The summed E-state index contributed by atoms with van der Waals surface area (Å²) in [5, 5.41) is 24.1. The molecule has 0 bridgehead atoms. The molecule has 0 aromatic heterocycles. The number of piperazine rings is 1. The van der Waals surface area contributed by atoms with Crippen molar-refractivity contribution in [2.75, 3.05) is 32.7 Å². The van der Waals surface area contributed by atoms with Crippen LogP contribution in [0, 0.1) is 5.92 Å². The van der Waals surface area contributed by atoms with Gasteiger partial charge in [0.2, 0.25) is 0 Å². The van der Waals surface area contributed by atoms with Crippen molar-refractivity contribution in [1.29, 1.82) is 0 Å². The fraction of sp³-hybridized carbons (Fsp3) is 0.667. The number of rotatable bonds is 4. The van der Waals surface area contributed by atoms with Crippen molar-refractivity contribution in [3.05, 3.63) is 29.3 Å². The fourth-order valence-corrected chi connectivity index (χ4v) is 3.07. The first-order valence-electron chi connectivity index (χ1n) is 8.23. The normalized spacial score (nSPS) is 19.9. The Balaban J connectivity index is 2.09. The third-order valence-electron chi connectivity index (χ3n) is 4.46. The Kier molecular flexibility index (Phi) is 5.48. The summed E-state index contributed by atoms with van der Waals surface area (Å²) in [6.07, 6.45) is -0.503. The van der Waals surface area contributed by atoms with Gasteiger partial charge in [0.25, 0.3) is 0 Å². The highest BCUT2D eigenvalue weighted by Crippen LogP contribution is 2.34. The van der Waals surface area contributed by atoms with Gasteiger partial charge in [0.05, 0.1) is 6.10 Å². The van der Waals surface area contributed by atoms with Crippen LogP contribution in [0.1, 0.15) is 44.9 Å². The Morgan fingerprint density at radius 2 is 1.86 bits per heavy atom. The van der Waals surface area contributed by atoms with Crippen LogP contribution in [0.15, 0.2) is 18.2 Å². The van der Waals surface area contributed by atoms with Crippen LogP contribution in [0.25, 0.3) is 0 Å². The summed E-state index contributed by atoms with van der Waals surface area (Å²) in [5.74, 6) is 0.466. The Labute approximate surface area is 134 Å². The highest BCUT2D eigenvalue weighted by atomic mass is 16.3. The Hall–Kier alpha value is -1.10. The molecule has 2 rings (SSSR count). The topological polar surface area (TPSA) is 55.7 Å². The van der Waals surface area contributed by atoms with Crippen molar-refractivity contribution < 1.29 is 10.2 Å². The first-order chi connectivity index (χ1) is 10.3. The summed E-state index contributed by atoms with van der Waals surface area (Å²) in [5.41, 5.74) is 1.64. The van der Waals surface area contributed by atoms with Crippen molar-refractivity contribution >= 4 is 0 Å². The third kappa shape index (κ3) is 4.22. The van der Waals surface area contributed by atoms with Gasteiger partial charge in [-0.15, -0.1) is 0 Å². The van der Waals surface area contributed by atoms with Crippen molar-refractivity contribution in [3.63, 3.8) is 0 Å². The molecule has 1 aromatic rings. The number of aliphatic hydroxyl groups excluding tert-OH is 1. The number of aromatic hydroxyl groups is 1. The lowest BCUT2D eigenvalue weighted by atomic mass is 9.84. The molecule has 1 saturated heterocycles. The zero-order chi connectivity index (χ0) is 16.3. The number of aliphatic hydroxyl groups is 1. The van der Waals surface area contributed by atoms with Crippen LogP contribution in [0.3, 0.4) is 0 Å². The van der Waals surface area contributed by atoms with E-state index in [9.17, 15) is 10.2 Å². The number of phenols is 1. The molecule has 1 fully saturated rings. The molecular weight excluding hydrogens is 276 g/mol. The highest BCUT2D eigenvalue weighted by molar-refractivity contribution is 5.41. The van der Waals surface area contributed by atoms with Crippen molar-refractivity contribution in [2.24, 2.45) is 5.92 Å². The Bertz CT molecular complexity index is 490. The molecule has 1 aliphatic rings. The minimum absolute atomic E-state index is 0.137. The summed E-state index contributed by atoms with van der Waals surface area (Å²) >= 11 is 0. The van der Waals surface area contributed by atoms with Crippen molar-refractivity contribution in [3.8, 4) is 5.75 Å². The number of hydrogen-bond donors (Lipinski definition) is 3. The van der Waals surface area contributed by atoms with Gasteiger partial charge in [-0.1, -0.05) is 33.8 Å². The Morgan fingerprint density at radius 3 is 2.45 bits per heavy atom. The molecule has 0 saturated carbocycles. The average molecular weight is 306 g/mol. The zero-order valence-corrected chi connectivity index (χ0v) is 14.3. The van der Waals surface area contributed by atoms with Crippen LogP contribution in [0.2, 0.25) is 0 Å². The van der Waals surface area contributed by atoms with Crippen LogP contribution in [0.5, 0.6) is 5.75 Å². The van der Waals surface area contributed by atoms with E-state index in [1.807, 2.05) is 12.1 Å². The third-order valence-corrected chi connectivity index (χ3v) is 4.46. The van der Waals surface area contributed by atoms with Gasteiger partial charge in [-0.3, -0.25) is 0 Å². The lowest BCUT2D eigenvalue weighted by Gasteiger charge is -2.31. The molecule has 1 heterocycles. The SMILES string of the molecule is CC(CN1CCNCC1)C(O)c1ccc(O)c(C(C)(C)C)c1. The molecule has 2 unspecified atom stereocenters. The number of phenolic OH excluding ortho intramolecular Hbond substituents is 1. The van der Waals surface area contributed by atoms with E-state index in [2.05, 4.69) is 37.9 Å². The smallest absolute Gasteiger partial charge is 0.119 e. The summed E-state index contributed by atoms with van der Waals surface area (Å²) in [6.45, 7) is 13.3. The zero-order valence-electron chi connectivity index (χ0n) is 14.3. The maximum Gasteiger partial charge on any atom is 0.119 e. The van der Waals surface area contributed by atoms with Gasteiger partial charge in [-0.2, -0.15) is 0 Å². The standard InChI is InChI=1S/C18H30N2O2/c1-13(12-20-9-7-19-8-10-20)17(22)14-5-6-16(21)15(11-14)18(2,3)4/h5-6,11,13,17,19,21-22H,7-10,12H2,1-4H3.